The Kier molecular flexibility index (Phi) is 6.05. The van der Waals surface area contributed by atoms with Gasteiger partial charge in [0.25, 0.3) is 0 Å². The number of fused-ring (bicyclic) bond motifs is 2. The van der Waals surface area contributed by atoms with E-state index in [1.807, 2.05) is 0 Å². The van der Waals surface area contributed by atoms with Crippen LogP contribution in [-0.2, 0) is 10.0 Å². The van der Waals surface area contributed by atoms with Crippen molar-refractivity contribution in [3.05, 3.63) is 0 Å². The fraction of sp³-hybridized carbons (Fsp3) is 1.00. The molecule has 1 N–H and O–H groups in total. The maximum atomic E-state index is 12.0. The average molecular weight is 317 g/mol. The predicted molar refractivity (Wildman–Crippen MR) is 86.9 cm³/mol. The first-order chi connectivity index (χ1) is 9.94. The molecule has 2 saturated heterocycles. The highest BCUT2D eigenvalue weighted by Crippen LogP contribution is 2.33. The van der Waals surface area contributed by atoms with Gasteiger partial charge in [0.15, 0.2) is 0 Å². The fourth-order valence-corrected chi connectivity index (χ4v) is 4.57. The van der Waals surface area contributed by atoms with Gasteiger partial charge in [0, 0.05) is 38.8 Å². The van der Waals surface area contributed by atoms with Crippen LogP contribution in [0.25, 0.3) is 0 Å². The van der Waals surface area contributed by atoms with Gasteiger partial charge >= 0.3 is 0 Å². The second-order valence-corrected chi connectivity index (χ2v) is 9.00. The zero-order valence-corrected chi connectivity index (χ0v) is 14.5. The summed E-state index contributed by atoms with van der Waals surface area (Å²) in [5.74, 6) is 0.250. The van der Waals surface area contributed by atoms with E-state index in [0.29, 0.717) is 24.7 Å². The molecule has 0 radical (unpaired) electrons. The van der Waals surface area contributed by atoms with Gasteiger partial charge < -0.3 is 5.32 Å². The summed E-state index contributed by atoms with van der Waals surface area (Å²) in [6.45, 7) is 3.99. The standard InChI is InChI=1S/C15H31N3O2S/c1-4-8-16-13-11-14-6-5-7-15(12-13)18(14)9-10-21(19,20)17(2)3/h13-16H,4-12H2,1-3H3. The summed E-state index contributed by atoms with van der Waals surface area (Å²) in [6, 6.07) is 1.77. The van der Waals surface area contributed by atoms with Gasteiger partial charge in [-0.15, -0.1) is 0 Å². The summed E-state index contributed by atoms with van der Waals surface area (Å²) in [4.78, 5) is 2.48. The van der Waals surface area contributed by atoms with Crippen LogP contribution in [0.1, 0.15) is 45.4 Å². The average Bonchev–Trinajstić information content (AvgIpc) is 2.42. The highest BCUT2D eigenvalue weighted by atomic mass is 32.2. The molecular formula is C15H31N3O2S. The van der Waals surface area contributed by atoms with E-state index in [4.69, 9.17) is 0 Å². The molecule has 0 aromatic carbocycles. The Labute approximate surface area is 130 Å². The number of nitrogens with zero attached hydrogens (tertiary/aromatic N) is 2. The van der Waals surface area contributed by atoms with Crippen molar-refractivity contribution in [3.8, 4) is 0 Å². The third-order valence-electron chi connectivity index (χ3n) is 4.97. The van der Waals surface area contributed by atoms with E-state index >= 15 is 0 Å². The number of sulfonamides is 1. The number of rotatable bonds is 7. The lowest BCUT2D eigenvalue weighted by atomic mass is 9.82. The summed E-state index contributed by atoms with van der Waals surface area (Å²) in [7, 11) is 0.164. The summed E-state index contributed by atoms with van der Waals surface area (Å²) in [6.07, 6.45) is 7.28. The Morgan fingerprint density at radius 3 is 2.33 bits per heavy atom. The van der Waals surface area contributed by atoms with E-state index in [-0.39, 0.29) is 5.75 Å². The monoisotopic (exact) mass is 317 g/mol. The Bertz CT molecular complexity index is 411. The number of hydrogen-bond acceptors (Lipinski definition) is 4. The zero-order chi connectivity index (χ0) is 15.5. The van der Waals surface area contributed by atoms with Crippen molar-refractivity contribution in [2.24, 2.45) is 0 Å². The zero-order valence-electron chi connectivity index (χ0n) is 13.7. The largest absolute Gasteiger partial charge is 0.314 e. The van der Waals surface area contributed by atoms with Gasteiger partial charge in [0.05, 0.1) is 5.75 Å². The predicted octanol–water partition coefficient (Wildman–Crippen LogP) is 1.26. The van der Waals surface area contributed by atoms with Gasteiger partial charge in [-0.05, 0) is 38.6 Å². The molecule has 6 heteroatoms. The van der Waals surface area contributed by atoms with Gasteiger partial charge in [0.2, 0.25) is 10.0 Å². The van der Waals surface area contributed by atoms with E-state index in [0.717, 1.165) is 6.54 Å². The first-order valence-electron chi connectivity index (χ1n) is 8.33. The van der Waals surface area contributed by atoms with Crippen LogP contribution in [0.4, 0.5) is 0 Å². The van der Waals surface area contributed by atoms with Gasteiger partial charge in [-0.1, -0.05) is 13.3 Å². The van der Waals surface area contributed by atoms with E-state index in [1.54, 1.807) is 14.1 Å². The van der Waals surface area contributed by atoms with Crippen LogP contribution >= 0.6 is 0 Å². The van der Waals surface area contributed by atoms with Crippen molar-refractivity contribution < 1.29 is 8.42 Å². The molecule has 2 aliphatic rings. The first kappa shape index (κ1) is 17.2. The van der Waals surface area contributed by atoms with Crippen LogP contribution in [0.5, 0.6) is 0 Å². The smallest absolute Gasteiger partial charge is 0.214 e. The maximum Gasteiger partial charge on any atom is 0.214 e. The van der Waals surface area contributed by atoms with Crippen LogP contribution in [0.3, 0.4) is 0 Å². The molecule has 2 unspecified atom stereocenters. The molecule has 2 aliphatic heterocycles. The van der Waals surface area contributed by atoms with E-state index < -0.39 is 10.0 Å². The van der Waals surface area contributed by atoms with Crippen LogP contribution in [0.15, 0.2) is 0 Å². The highest BCUT2D eigenvalue weighted by Gasteiger charge is 2.38. The second-order valence-electron chi connectivity index (χ2n) is 6.70. The van der Waals surface area contributed by atoms with Crippen molar-refractivity contribution in [1.82, 2.24) is 14.5 Å². The number of piperidine rings is 2. The third-order valence-corrected chi connectivity index (χ3v) is 6.78. The summed E-state index contributed by atoms with van der Waals surface area (Å²) >= 11 is 0. The number of nitrogens with one attached hydrogen (secondary N) is 1. The van der Waals surface area contributed by atoms with Gasteiger partial charge in [-0.3, -0.25) is 4.90 Å². The van der Waals surface area contributed by atoms with E-state index in [1.165, 1.54) is 42.8 Å². The number of hydrogen-bond donors (Lipinski definition) is 1. The Hall–Kier alpha value is -0.170. The molecule has 0 spiro atoms. The van der Waals surface area contributed by atoms with Crippen molar-refractivity contribution in [2.75, 3.05) is 32.9 Å². The lowest BCUT2D eigenvalue weighted by molar-refractivity contribution is 0.0299. The lowest BCUT2D eigenvalue weighted by Crippen LogP contribution is -2.57. The van der Waals surface area contributed by atoms with Crippen LogP contribution in [-0.4, -0.2) is 68.7 Å². The molecule has 124 valence electrons. The molecule has 0 aliphatic carbocycles. The minimum Gasteiger partial charge on any atom is -0.314 e. The van der Waals surface area contributed by atoms with Gasteiger partial charge in [-0.25, -0.2) is 12.7 Å². The molecule has 5 nitrogen and oxygen atoms in total. The molecule has 0 amide bonds. The molecule has 0 saturated carbocycles. The summed E-state index contributed by atoms with van der Waals surface area (Å²) in [5.41, 5.74) is 0. The molecule has 2 atom stereocenters. The second kappa shape index (κ2) is 7.40. The summed E-state index contributed by atoms with van der Waals surface area (Å²) in [5, 5.41) is 3.66. The minimum atomic E-state index is -3.08. The highest BCUT2D eigenvalue weighted by molar-refractivity contribution is 7.89. The quantitative estimate of drug-likeness (QED) is 0.768. The Morgan fingerprint density at radius 2 is 1.81 bits per heavy atom. The minimum absolute atomic E-state index is 0.250. The molecular weight excluding hydrogens is 286 g/mol. The lowest BCUT2D eigenvalue weighted by Gasteiger charge is -2.49. The van der Waals surface area contributed by atoms with Crippen molar-refractivity contribution >= 4 is 10.0 Å². The molecule has 2 rings (SSSR count). The van der Waals surface area contributed by atoms with E-state index in [2.05, 4.69) is 17.1 Å². The molecule has 2 heterocycles. The molecule has 2 fully saturated rings. The molecule has 2 bridgehead atoms. The van der Waals surface area contributed by atoms with Crippen molar-refractivity contribution in [1.29, 1.82) is 0 Å². The van der Waals surface area contributed by atoms with Crippen LogP contribution in [0, 0.1) is 0 Å². The molecule has 21 heavy (non-hydrogen) atoms. The Morgan fingerprint density at radius 1 is 1.19 bits per heavy atom. The fourth-order valence-electron chi connectivity index (χ4n) is 3.76. The Balaban J connectivity index is 1.92. The van der Waals surface area contributed by atoms with Crippen molar-refractivity contribution in [3.63, 3.8) is 0 Å². The van der Waals surface area contributed by atoms with Crippen LogP contribution in [0.2, 0.25) is 0 Å². The van der Waals surface area contributed by atoms with Gasteiger partial charge in [-0.2, -0.15) is 0 Å². The van der Waals surface area contributed by atoms with Gasteiger partial charge in [0.1, 0.15) is 0 Å². The van der Waals surface area contributed by atoms with Crippen LogP contribution < -0.4 is 5.32 Å². The third kappa shape index (κ3) is 4.41. The first-order valence-corrected chi connectivity index (χ1v) is 9.94. The van der Waals surface area contributed by atoms with E-state index in [9.17, 15) is 8.42 Å². The maximum absolute atomic E-state index is 12.0. The molecule has 0 aromatic heterocycles. The topological polar surface area (TPSA) is 52.7 Å². The normalized spacial score (nSPS) is 30.8. The molecule has 0 aromatic rings. The van der Waals surface area contributed by atoms with Crippen molar-refractivity contribution in [2.45, 2.75) is 63.6 Å². The summed E-state index contributed by atoms with van der Waals surface area (Å²) < 4.78 is 25.3. The SMILES string of the molecule is CCCNC1CC2CCCC(C1)N2CCS(=O)(=O)N(C)C.